The molecule has 0 unspecified atom stereocenters. The molecule has 1 fully saturated rings. The maximum atomic E-state index is 5.86. The molecule has 1 aliphatic rings. The predicted molar refractivity (Wildman–Crippen MR) is 87.0 cm³/mol. The number of hydrogen-bond acceptors (Lipinski definition) is 4. The Bertz CT molecular complexity index is 552. The summed E-state index contributed by atoms with van der Waals surface area (Å²) in [5, 5.41) is 0. The zero-order valence-corrected chi connectivity index (χ0v) is 13.7. The Kier molecular flexibility index (Phi) is 4.76. The average molecular weight is 287 g/mol. The van der Waals surface area contributed by atoms with Crippen LogP contribution in [-0.2, 0) is 5.41 Å². The lowest BCUT2D eigenvalue weighted by Crippen LogP contribution is -2.18. The van der Waals surface area contributed by atoms with Gasteiger partial charge in [-0.2, -0.15) is 4.98 Å². The summed E-state index contributed by atoms with van der Waals surface area (Å²) in [5.74, 6) is 2.18. The standard InChI is InChI=1S/C17H25N3O/c1-6-13(10-18-5)14-9-15(21-11-12-7-8-12)20-16(19-14)17(2,3)4/h6,9-10,12H,7-8,11H2,1-5H3/b13-6+,18-10?. The fraction of sp³-hybridized carbons (Fsp3) is 0.588. The molecule has 1 heterocycles. The Labute approximate surface area is 127 Å². The van der Waals surface area contributed by atoms with Gasteiger partial charge in [-0.25, -0.2) is 4.98 Å². The van der Waals surface area contributed by atoms with Crippen LogP contribution in [0.25, 0.3) is 5.57 Å². The molecule has 1 aromatic rings. The number of allylic oxidation sites excluding steroid dienone is 2. The van der Waals surface area contributed by atoms with Crippen LogP contribution in [0.1, 0.15) is 52.1 Å². The highest BCUT2D eigenvalue weighted by Crippen LogP contribution is 2.30. The van der Waals surface area contributed by atoms with E-state index in [1.165, 1.54) is 12.8 Å². The second-order valence-electron chi connectivity index (χ2n) is 6.55. The molecule has 21 heavy (non-hydrogen) atoms. The van der Waals surface area contributed by atoms with Crippen LogP contribution in [0.2, 0.25) is 0 Å². The molecule has 1 aromatic heterocycles. The van der Waals surface area contributed by atoms with E-state index in [0.29, 0.717) is 11.8 Å². The SMILES string of the molecule is C/C=C(\C=NC)c1cc(OCC2CC2)nc(C(C)(C)C)n1. The lowest BCUT2D eigenvalue weighted by molar-refractivity contribution is 0.285. The average Bonchev–Trinajstić information content (AvgIpc) is 3.25. The van der Waals surface area contributed by atoms with E-state index in [1.807, 2.05) is 25.3 Å². The van der Waals surface area contributed by atoms with Gasteiger partial charge in [0.1, 0.15) is 5.82 Å². The van der Waals surface area contributed by atoms with Crippen molar-refractivity contribution in [2.45, 2.75) is 46.0 Å². The molecule has 0 aliphatic heterocycles. The van der Waals surface area contributed by atoms with Crippen LogP contribution < -0.4 is 4.74 Å². The molecule has 0 atom stereocenters. The number of aromatic nitrogens is 2. The van der Waals surface area contributed by atoms with E-state index >= 15 is 0 Å². The summed E-state index contributed by atoms with van der Waals surface area (Å²) in [7, 11) is 1.76. The normalized spacial score (nSPS) is 16.5. The minimum atomic E-state index is -0.115. The van der Waals surface area contributed by atoms with Gasteiger partial charge < -0.3 is 4.74 Å². The van der Waals surface area contributed by atoms with Crippen molar-refractivity contribution in [1.82, 2.24) is 9.97 Å². The molecule has 114 valence electrons. The van der Waals surface area contributed by atoms with Gasteiger partial charge in [-0.15, -0.1) is 0 Å². The van der Waals surface area contributed by atoms with Crippen molar-refractivity contribution in [2.24, 2.45) is 10.9 Å². The Balaban J connectivity index is 2.35. The Morgan fingerprint density at radius 2 is 2.10 bits per heavy atom. The van der Waals surface area contributed by atoms with E-state index in [1.54, 1.807) is 7.05 Å². The minimum absolute atomic E-state index is 0.115. The molecular formula is C17H25N3O. The molecule has 0 N–H and O–H groups in total. The molecule has 4 nitrogen and oxygen atoms in total. The molecule has 4 heteroatoms. The van der Waals surface area contributed by atoms with E-state index in [2.05, 4.69) is 35.7 Å². The topological polar surface area (TPSA) is 47.4 Å². The van der Waals surface area contributed by atoms with Gasteiger partial charge in [0.25, 0.3) is 0 Å². The van der Waals surface area contributed by atoms with Gasteiger partial charge in [0.15, 0.2) is 0 Å². The zero-order valence-electron chi connectivity index (χ0n) is 13.7. The Morgan fingerprint density at radius 3 is 2.62 bits per heavy atom. The molecule has 1 aliphatic carbocycles. The number of aliphatic imine (C=N–C) groups is 1. The molecular weight excluding hydrogens is 262 g/mol. The molecule has 0 aromatic carbocycles. The van der Waals surface area contributed by atoms with Crippen LogP contribution in [0, 0.1) is 5.92 Å². The summed E-state index contributed by atoms with van der Waals surface area (Å²) in [6.07, 6.45) is 6.37. The maximum absolute atomic E-state index is 5.86. The number of nitrogens with zero attached hydrogens (tertiary/aromatic N) is 3. The van der Waals surface area contributed by atoms with Gasteiger partial charge in [0.2, 0.25) is 5.88 Å². The quantitative estimate of drug-likeness (QED) is 0.776. The van der Waals surface area contributed by atoms with Crippen LogP contribution in [-0.4, -0.2) is 29.8 Å². The van der Waals surface area contributed by atoms with Crippen molar-refractivity contribution in [1.29, 1.82) is 0 Å². The lowest BCUT2D eigenvalue weighted by Gasteiger charge is -2.19. The maximum Gasteiger partial charge on any atom is 0.217 e. The van der Waals surface area contributed by atoms with Crippen LogP contribution in [0.15, 0.2) is 17.1 Å². The van der Waals surface area contributed by atoms with E-state index in [4.69, 9.17) is 4.74 Å². The van der Waals surface area contributed by atoms with Crippen LogP contribution in [0.5, 0.6) is 5.88 Å². The van der Waals surface area contributed by atoms with Crippen LogP contribution in [0.3, 0.4) is 0 Å². The first-order chi connectivity index (χ1) is 9.94. The largest absolute Gasteiger partial charge is 0.477 e. The summed E-state index contributed by atoms with van der Waals surface area (Å²) < 4.78 is 5.86. The van der Waals surface area contributed by atoms with E-state index < -0.39 is 0 Å². The van der Waals surface area contributed by atoms with Gasteiger partial charge in [-0.1, -0.05) is 26.8 Å². The monoisotopic (exact) mass is 287 g/mol. The van der Waals surface area contributed by atoms with Crippen LogP contribution >= 0.6 is 0 Å². The van der Waals surface area contributed by atoms with Gasteiger partial charge in [0, 0.05) is 30.3 Å². The summed E-state index contributed by atoms with van der Waals surface area (Å²) >= 11 is 0. The summed E-state index contributed by atoms with van der Waals surface area (Å²) in [4.78, 5) is 13.4. The third-order valence-electron chi connectivity index (χ3n) is 3.41. The van der Waals surface area contributed by atoms with Gasteiger partial charge >= 0.3 is 0 Å². The summed E-state index contributed by atoms with van der Waals surface area (Å²) in [5.41, 5.74) is 1.74. The molecule has 0 spiro atoms. The number of hydrogen-bond donors (Lipinski definition) is 0. The highest BCUT2D eigenvalue weighted by Gasteiger charge is 2.24. The highest BCUT2D eigenvalue weighted by molar-refractivity contribution is 6.08. The second kappa shape index (κ2) is 6.37. The van der Waals surface area contributed by atoms with Gasteiger partial charge in [-0.05, 0) is 25.7 Å². The zero-order chi connectivity index (χ0) is 15.5. The van der Waals surface area contributed by atoms with E-state index in [-0.39, 0.29) is 5.41 Å². The van der Waals surface area contributed by atoms with Crippen LogP contribution in [0.4, 0.5) is 0 Å². The number of rotatable bonds is 5. The minimum Gasteiger partial charge on any atom is -0.477 e. The second-order valence-corrected chi connectivity index (χ2v) is 6.55. The first-order valence-electron chi connectivity index (χ1n) is 7.55. The van der Waals surface area contributed by atoms with Crippen molar-refractivity contribution in [3.63, 3.8) is 0 Å². The first-order valence-corrected chi connectivity index (χ1v) is 7.55. The molecule has 1 saturated carbocycles. The van der Waals surface area contributed by atoms with Crippen molar-refractivity contribution in [3.8, 4) is 5.88 Å². The van der Waals surface area contributed by atoms with Crippen molar-refractivity contribution < 1.29 is 4.74 Å². The van der Waals surface area contributed by atoms with Gasteiger partial charge in [0.05, 0.1) is 12.3 Å². The van der Waals surface area contributed by atoms with E-state index in [0.717, 1.165) is 23.7 Å². The molecule has 0 saturated heterocycles. The lowest BCUT2D eigenvalue weighted by atomic mass is 9.95. The Morgan fingerprint density at radius 1 is 1.38 bits per heavy atom. The van der Waals surface area contributed by atoms with Crippen molar-refractivity contribution in [2.75, 3.05) is 13.7 Å². The van der Waals surface area contributed by atoms with Gasteiger partial charge in [-0.3, -0.25) is 4.99 Å². The summed E-state index contributed by atoms with van der Waals surface area (Å²) in [6.45, 7) is 9.08. The molecule has 0 bridgehead atoms. The fourth-order valence-corrected chi connectivity index (χ4v) is 1.90. The predicted octanol–water partition coefficient (Wildman–Crippen LogP) is 3.67. The first kappa shape index (κ1) is 15.7. The molecule has 2 rings (SSSR count). The fourth-order valence-electron chi connectivity index (χ4n) is 1.90. The summed E-state index contributed by atoms with van der Waals surface area (Å²) in [6, 6.07) is 1.91. The van der Waals surface area contributed by atoms with E-state index in [9.17, 15) is 0 Å². The third-order valence-corrected chi connectivity index (χ3v) is 3.41. The smallest absolute Gasteiger partial charge is 0.217 e. The highest BCUT2D eigenvalue weighted by atomic mass is 16.5. The Hall–Kier alpha value is -1.71. The third kappa shape index (κ3) is 4.38. The van der Waals surface area contributed by atoms with Crippen molar-refractivity contribution in [3.05, 3.63) is 23.7 Å². The van der Waals surface area contributed by atoms with Crippen molar-refractivity contribution >= 4 is 11.8 Å². The molecule has 0 amide bonds. The number of ether oxygens (including phenoxy) is 1. The molecule has 0 radical (unpaired) electrons.